The van der Waals surface area contributed by atoms with Crippen molar-refractivity contribution < 1.29 is 19.4 Å². The lowest BCUT2D eigenvalue weighted by Gasteiger charge is -2.38. The van der Waals surface area contributed by atoms with Gasteiger partial charge in [0.15, 0.2) is 0 Å². The second kappa shape index (κ2) is 11.9. The summed E-state index contributed by atoms with van der Waals surface area (Å²) in [6, 6.07) is 13.6. The van der Waals surface area contributed by atoms with Gasteiger partial charge in [-0.3, -0.25) is 4.79 Å². The SMILES string of the molecule is Cc1ccc(NC(=O)Nc2cc(C(C)CC(=O)O)ccc2N(CC(C)C)C2CCOCC2)cc1. The van der Waals surface area contributed by atoms with E-state index in [1.54, 1.807) is 0 Å². The first-order valence-electron chi connectivity index (χ1n) is 12.1. The molecule has 2 aromatic carbocycles. The van der Waals surface area contributed by atoms with E-state index in [2.05, 4.69) is 29.4 Å². The van der Waals surface area contributed by atoms with E-state index in [1.165, 1.54) is 0 Å². The average Bonchev–Trinajstić information content (AvgIpc) is 2.79. The summed E-state index contributed by atoms with van der Waals surface area (Å²) in [6.45, 7) is 10.6. The number of aliphatic carboxylic acids is 1. The van der Waals surface area contributed by atoms with Crippen LogP contribution in [0.25, 0.3) is 0 Å². The molecule has 0 aromatic heterocycles. The standard InChI is InChI=1S/C27H37N3O4/c1-18(2)17-30(23-11-13-34-14-12-23)25-10-7-21(20(4)15-26(31)32)16-24(25)29-27(33)28-22-8-5-19(3)6-9-22/h5-10,16,18,20,23H,11-15,17H2,1-4H3,(H,31,32)(H2,28,29,33). The van der Waals surface area contributed by atoms with Gasteiger partial charge >= 0.3 is 12.0 Å². The predicted octanol–water partition coefficient (Wildman–Crippen LogP) is 5.86. The number of rotatable bonds is 9. The first-order valence-corrected chi connectivity index (χ1v) is 12.1. The Morgan fingerprint density at radius 1 is 1.06 bits per heavy atom. The monoisotopic (exact) mass is 467 g/mol. The van der Waals surface area contributed by atoms with E-state index in [9.17, 15) is 14.7 Å². The maximum Gasteiger partial charge on any atom is 0.323 e. The average molecular weight is 468 g/mol. The summed E-state index contributed by atoms with van der Waals surface area (Å²) < 4.78 is 5.59. The van der Waals surface area contributed by atoms with Crippen LogP contribution in [0.1, 0.15) is 57.1 Å². The maximum absolute atomic E-state index is 12.9. The van der Waals surface area contributed by atoms with E-state index in [1.807, 2.05) is 56.3 Å². The lowest BCUT2D eigenvalue weighted by molar-refractivity contribution is -0.137. The second-order valence-corrected chi connectivity index (χ2v) is 9.61. The summed E-state index contributed by atoms with van der Waals surface area (Å²) in [7, 11) is 0. The van der Waals surface area contributed by atoms with Gasteiger partial charge in [0.25, 0.3) is 0 Å². The van der Waals surface area contributed by atoms with E-state index < -0.39 is 5.97 Å². The molecule has 34 heavy (non-hydrogen) atoms. The molecule has 0 aliphatic carbocycles. The number of hydrogen-bond donors (Lipinski definition) is 3. The van der Waals surface area contributed by atoms with Crippen molar-refractivity contribution >= 4 is 29.1 Å². The first kappa shape index (κ1) is 25.6. The number of nitrogens with one attached hydrogen (secondary N) is 2. The lowest BCUT2D eigenvalue weighted by atomic mass is 9.95. The minimum absolute atomic E-state index is 0.0318. The van der Waals surface area contributed by atoms with Crippen molar-refractivity contribution in [2.75, 3.05) is 35.3 Å². The molecule has 7 nitrogen and oxygen atoms in total. The summed E-state index contributed by atoms with van der Waals surface area (Å²) in [5.74, 6) is -0.580. The van der Waals surface area contributed by atoms with Crippen LogP contribution in [-0.2, 0) is 9.53 Å². The number of hydrogen-bond acceptors (Lipinski definition) is 4. The van der Waals surface area contributed by atoms with Crippen LogP contribution in [0.3, 0.4) is 0 Å². The van der Waals surface area contributed by atoms with E-state index in [-0.39, 0.29) is 18.4 Å². The third-order valence-corrected chi connectivity index (χ3v) is 6.13. The molecule has 0 saturated carbocycles. The van der Waals surface area contributed by atoms with Gasteiger partial charge in [0.1, 0.15) is 0 Å². The molecule has 0 spiro atoms. The third-order valence-electron chi connectivity index (χ3n) is 6.13. The molecule has 1 aliphatic heterocycles. The van der Waals surface area contributed by atoms with Gasteiger partial charge in [-0.1, -0.05) is 44.5 Å². The Labute approximate surface area is 202 Å². The molecule has 1 aliphatic rings. The Morgan fingerprint density at radius 2 is 1.74 bits per heavy atom. The minimum Gasteiger partial charge on any atom is -0.481 e. The van der Waals surface area contributed by atoms with Gasteiger partial charge < -0.3 is 25.4 Å². The molecular formula is C27H37N3O4. The zero-order valence-electron chi connectivity index (χ0n) is 20.6. The molecule has 3 rings (SSSR count). The molecule has 1 saturated heterocycles. The lowest BCUT2D eigenvalue weighted by Crippen LogP contribution is -2.42. The van der Waals surface area contributed by atoms with Gasteiger partial charge in [0.2, 0.25) is 0 Å². The highest BCUT2D eigenvalue weighted by Gasteiger charge is 2.26. The van der Waals surface area contributed by atoms with Crippen LogP contribution in [0.4, 0.5) is 21.9 Å². The number of carbonyl (C=O) groups is 2. The van der Waals surface area contributed by atoms with Crippen molar-refractivity contribution in [3.8, 4) is 0 Å². The quantitative estimate of drug-likeness (QED) is 0.430. The van der Waals surface area contributed by atoms with Gasteiger partial charge in [-0.25, -0.2) is 4.79 Å². The van der Waals surface area contributed by atoms with E-state index in [0.717, 1.165) is 49.4 Å². The molecule has 3 N–H and O–H groups in total. The number of nitrogens with zero attached hydrogens (tertiary/aromatic N) is 1. The van der Waals surface area contributed by atoms with Gasteiger partial charge in [0, 0.05) is 31.5 Å². The van der Waals surface area contributed by atoms with Crippen LogP contribution in [0.5, 0.6) is 0 Å². The smallest absolute Gasteiger partial charge is 0.323 e. The minimum atomic E-state index is -0.841. The molecule has 2 amide bonds. The van der Waals surface area contributed by atoms with E-state index in [0.29, 0.717) is 23.3 Å². The Kier molecular flexibility index (Phi) is 8.93. The van der Waals surface area contributed by atoms with Gasteiger partial charge in [-0.15, -0.1) is 0 Å². The molecule has 1 unspecified atom stereocenters. The fraction of sp³-hybridized carbons (Fsp3) is 0.481. The molecule has 0 bridgehead atoms. The zero-order valence-corrected chi connectivity index (χ0v) is 20.6. The van der Waals surface area contributed by atoms with Gasteiger partial charge in [-0.2, -0.15) is 0 Å². The number of ether oxygens (including phenoxy) is 1. The Balaban J connectivity index is 1.93. The third kappa shape index (κ3) is 7.22. The summed E-state index contributed by atoms with van der Waals surface area (Å²) in [6.07, 6.45) is 1.89. The highest BCUT2D eigenvalue weighted by Crippen LogP contribution is 2.34. The van der Waals surface area contributed by atoms with Crippen LogP contribution in [0.15, 0.2) is 42.5 Å². The number of carboxylic acid groups (broad SMARTS) is 1. The number of aryl methyl sites for hydroxylation is 1. The second-order valence-electron chi connectivity index (χ2n) is 9.61. The summed E-state index contributed by atoms with van der Waals surface area (Å²) in [5, 5.41) is 15.2. The molecule has 0 radical (unpaired) electrons. The van der Waals surface area contributed by atoms with Crippen LogP contribution < -0.4 is 15.5 Å². The topological polar surface area (TPSA) is 90.9 Å². The van der Waals surface area contributed by atoms with Crippen molar-refractivity contribution in [1.29, 1.82) is 0 Å². The van der Waals surface area contributed by atoms with Crippen molar-refractivity contribution in [3.05, 3.63) is 53.6 Å². The van der Waals surface area contributed by atoms with Crippen molar-refractivity contribution in [1.82, 2.24) is 0 Å². The molecule has 7 heteroatoms. The molecule has 1 atom stereocenters. The first-order chi connectivity index (χ1) is 16.2. The predicted molar refractivity (Wildman–Crippen MR) is 137 cm³/mol. The Bertz CT molecular complexity index is 968. The molecule has 1 heterocycles. The number of carbonyl (C=O) groups excluding carboxylic acids is 1. The van der Waals surface area contributed by atoms with Gasteiger partial charge in [0.05, 0.1) is 17.8 Å². The summed E-state index contributed by atoms with van der Waals surface area (Å²) >= 11 is 0. The highest BCUT2D eigenvalue weighted by molar-refractivity contribution is 6.02. The highest BCUT2D eigenvalue weighted by atomic mass is 16.5. The molecule has 184 valence electrons. The van der Waals surface area contributed by atoms with Gasteiger partial charge in [-0.05, 0) is 61.4 Å². The van der Waals surface area contributed by atoms with Crippen molar-refractivity contribution in [2.45, 2.75) is 58.9 Å². The van der Waals surface area contributed by atoms with Crippen molar-refractivity contribution in [2.24, 2.45) is 5.92 Å². The maximum atomic E-state index is 12.9. The summed E-state index contributed by atoms with van der Waals surface area (Å²) in [5.41, 5.74) is 4.35. The van der Waals surface area contributed by atoms with Crippen LogP contribution in [0, 0.1) is 12.8 Å². The van der Waals surface area contributed by atoms with Crippen LogP contribution in [-0.4, -0.2) is 42.9 Å². The number of anilines is 3. The van der Waals surface area contributed by atoms with Crippen molar-refractivity contribution in [3.63, 3.8) is 0 Å². The fourth-order valence-electron chi connectivity index (χ4n) is 4.35. The van der Waals surface area contributed by atoms with E-state index >= 15 is 0 Å². The van der Waals surface area contributed by atoms with Crippen LogP contribution in [0.2, 0.25) is 0 Å². The largest absolute Gasteiger partial charge is 0.481 e. The van der Waals surface area contributed by atoms with Crippen LogP contribution >= 0.6 is 0 Å². The number of amides is 2. The molecule has 1 fully saturated rings. The molecule has 2 aromatic rings. The number of benzene rings is 2. The summed E-state index contributed by atoms with van der Waals surface area (Å²) in [4.78, 5) is 26.6. The number of urea groups is 1. The number of carboxylic acids is 1. The fourth-order valence-corrected chi connectivity index (χ4v) is 4.35. The molecular weight excluding hydrogens is 430 g/mol. The Hall–Kier alpha value is -3.06. The zero-order chi connectivity index (χ0) is 24.7. The normalized spacial score (nSPS) is 15.1. The van der Waals surface area contributed by atoms with E-state index in [4.69, 9.17) is 4.74 Å². The Morgan fingerprint density at radius 3 is 2.35 bits per heavy atom.